The number of hydrogen-bond donors (Lipinski definition) is 2. The first-order valence-electron chi connectivity index (χ1n) is 5.43. The number of nitrogen functional groups attached to an aromatic ring is 1. The molecule has 1 amide bonds. The van der Waals surface area contributed by atoms with Crippen LogP contribution in [0.1, 0.15) is 21.9 Å². The van der Waals surface area contributed by atoms with E-state index in [9.17, 15) is 4.79 Å². The molecule has 0 aliphatic rings. The van der Waals surface area contributed by atoms with Crippen LogP contribution in [-0.4, -0.2) is 20.9 Å². The number of nitrogens with zero attached hydrogens (tertiary/aromatic N) is 3. The number of amides is 1. The molecule has 2 aromatic heterocycles. The van der Waals surface area contributed by atoms with E-state index < -0.39 is 0 Å². The number of pyridine rings is 1. The Morgan fingerprint density at radius 1 is 1.33 bits per heavy atom. The second-order valence-electron chi connectivity index (χ2n) is 3.78. The maximum absolute atomic E-state index is 11.8. The van der Waals surface area contributed by atoms with Gasteiger partial charge in [-0.3, -0.25) is 14.8 Å². The smallest absolute Gasteiger partial charge is 0.271 e. The van der Waals surface area contributed by atoms with Crippen molar-refractivity contribution in [2.45, 2.75) is 13.5 Å². The fourth-order valence-corrected chi connectivity index (χ4v) is 1.45. The summed E-state index contributed by atoms with van der Waals surface area (Å²) in [5, 5.41) is 2.71. The summed E-state index contributed by atoms with van der Waals surface area (Å²) in [7, 11) is 0. The SMILES string of the molecule is Cc1cccc(CNC(=O)c2cncc(N)n2)n1. The molecular formula is C12H13N5O. The van der Waals surface area contributed by atoms with E-state index in [0.717, 1.165) is 11.4 Å². The van der Waals surface area contributed by atoms with Gasteiger partial charge in [0.2, 0.25) is 0 Å². The van der Waals surface area contributed by atoms with Crippen molar-refractivity contribution < 1.29 is 4.79 Å². The van der Waals surface area contributed by atoms with Crippen LogP contribution in [0.4, 0.5) is 5.82 Å². The molecular weight excluding hydrogens is 230 g/mol. The lowest BCUT2D eigenvalue weighted by molar-refractivity contribution is 0.0945. The quantitative estimate of drug-likeness (QED) is 0.827. The highest BCUT2D eigenvalue weighted by Crippen LogP contribution is 2.00. The number of carbonyl (C=O) groups excluding carboxylic acids is 1. The van der Waals surface area contributed by atoms with Crippen LogP contribution in [0.15, 0.2) is 30.6 Å². The van der Waals surface area contributed by atoms with Crippen molar-refractivity contribution in [2.75, 3.05) is 5.73 Å². The molecule has 0 saturated carbocycles. The topological polar surface area (TPSA) is 93.8 Å². The molecule has 0 spiro atoms. The van der Waals surface area contributed by atoms with E-state index in [1.54, 1.807) is 0 Å². The van der Waals surface area contributed by atoms with Gasteiger partial charge in [0.05, 0.1) is 24.6 Å². The molecule has 0 bridgehead atoms. The van der Waals surface area contributed by atoms with Gasteiger partial charge in [-0.25, -0.2) is 4.98 Å². The fraction of sp³-hybridized carbons (Fsp3) is 0.167. The van der Waals surface area contributed by atoms with Crippen LogP contribution in [-0.2, 0) is 6.54 Å². The zero-order chi connectivity index (χ0) is 13.0. The second-order valence-corrected chi connectivity index (χ2v) is 3.78. The van der Waals surface area contributed by atoms with Gasteiger partial charge in [0, 0.05) is 5.69 Å². The highest BCUT2D eigenvalue weighted by atomic mass is 16.1. The van der Waals surface area contributed by atoms with Gasteiger partial charge in [0.1, 0.15) is 11.5 Å². The van der Waals surface area contributed by atoms with E-state index in [4.69, 9.17) is 5.73 Å². The van der Waals surface area contributed by atoms with Gasteiger partial charge in [0.15, 0.2) is 0 Å². The highest BCUT2D eigenvalue weighted by molar-refractivity contribution is 5.92. The van der Waals surface area contributed by atoms with Crippen molar-refractivity contribution in [3.05, 3.63) is 47.7 Å². The number of nitrogens with one attached hydrogen (secondary N) is 1. The number of carbonyl (C=O) groups is 1. The third-order valence-electron chi connectivity index (χ3n) is 2.26. The zero-order valence-corrected chi connectivity index (χ0v) is 9.92. The molecule has 0 atom stereocenters. The Morgan fingerprint density at radius 2 is 2.17 bits per heavy atom. The molecule has 6 heteroatoms. The summed E-state index contributed by atoms with van der Waals surface area (Å²) in [4.78, 5) is 23.7. The summed E-state index contributed by atoms with van der Waals surface area (Å²) in [6, 6.07) is 5.64. The van der Waals surface area contributed by atoms with Crippen LogP contribution in [0.3, 0.4) is 0 Å². The van der Waals surface area contributed by atoms with Crippen LogP contribution in [0.25, 0.3) is 0 Å². The number of aryl methyl sites for hydroxylation is 1. The van der Waals surface area contributed by atoms with E-state index in [0.29, 0.717) is 6.54 Å². The van der Waals surface area contributed by atoms with Crippen LogP contribution >= 0.6 is 0 Å². The second kappa shape index (κ2) is 5.22. The minimum atomic E-state index is -0.321. The molecule has 3 N–H and O–H groups in total. The maximum Gasteiger partial charge on any atom is 0.271 e. The van der Waals surface area contributed by atoms with Crippen LogP contribution in [0.2, 0.25) is 0 Å². The Balaban J connectivity index is 2.00. The molecule has 18 heavy (non-hydrogen) atoms. The van der Waals surface area contributed by atoms with Crippen molar-refractivity contribution in [1.82, 2.24) is 20.3 Å². The third kappa shape index (κ3) is 3.00. The van der Waals surface area contributed by atoms with E-state index in [1.165, 1.54) is 12.4 Å². The molecule has 0 saturated heterocycles. The van der Waals surface area contributed by atoms with E-state index in [1.807, 2.05) is 25.1 Å². The third-order valence-corrected chi connectivity index (χ3v) is 2.26. The van der Waals surface area contributed by atoms with Gasteiger partial charge in [-0.05, 0) is 19.1 Å². The minimum Gasteiger partial charge on any atom is -0.382 e. The van der Waals surface area contributed by atoms with Crippen molar-refractivity contribution in [3.63, 3.8) is 0 Å². The summed E-state index contributed by atoms with van der Waals surface area (Å²) in [6.45, 7) is 2.24. The number of anilines is 1. The van der Waals surface area contributed by atoms with Gasteiger partial charge < -0.3 is 11.1 Å². The minimum absolute atomic E-state index is 0.197. The molecule has 0 unspecified atom stereocenters. The van der Waals surface area contributed by atoms with Gasteiger partial charge in [-0.15, -0.1) is 0 Å². The predicted molar refractivity (Wildman–Crippen MR) is 66.6 cm³/mol. The van der Waals surface area contributed by atoms with Crippen molar-refractivity contribution in [2.24, 2.45) is 0 Å². The predicted octanol–water partition coefficient (Wildman–Crippen LogP) is 0.692. The fourth-order valence-electron chi connectivity index (χ4n) is 1.45. The Bertz CT molecular complexity index is 570. The van der Waals surface area contributed by atoms with Crippen LogP contribution < -0.4 is 11.1 Å². The average molecular weight is 243 g/mol. The molecule has 2 heterocycles. The van der Waals surface area contributed by atoms with E-state index in [-0.39, 0.29) is 17.4 Å². The number of hydrogen-bond acceptors (Lipinski definition) is 5. The van der Waals surface area contributed by atoms with Gasteiger partial charge in [-0.2, -0.15) is 0 Å². The Morgan fingerprint density at radius 3 is 2.89 bits per heavy atom. The average Bonchev–Trinajstić information content (AvgIpc) is 2.36. The number of aromatic nitrogens is 3. The number of nitrogens with two attached hydrogens (primary N) is 1. The van der Waals surface area contributed by atoms with E-state index >= 15 is 0 Å². The summed E-state index contributed by atoms with van der Waals surface area (Å²) in [6.07, 6.45) is 2.76. The number of rotatable bonds is 3. The maximum atomic E-state index is 11.8. The zero-order valence-electron chi connectivity index (χ0n) is 9.92. The molecule has 2 aromatic rings. The molecule has 0 aliphatic heterocycles. The Labute approximate surface area is 104 Å². The van der Waals surface area contributed by atoms with Crippen molar-refractivity contribution in [1.29, 1.82) is 0 Å². The lowest BCUT2D eigenvalue weighted by atomic mass is 10.3. The Hall–Kier alpha value is -2.50. The lowest BCUT2D eigenvalue weighted by Crippen LogP contribution is -2.24. The molecule has 92 valence electrons. The van der Waals surface area contributed by atoms with Gasteiger partial charge in [0.25, 0.3) is 5.91 Å². The molecule has 2 rings (SSSR count). The lowest BCUT2D eigenvalue weighted by Gasteiger charge is -2.05. The molecule has 0 radical (unpaired) electrons. The molecule has 0 aromatic carbocycles. The van der Waals surface area contributed by atoms with Gasteiger partial charge in [-0.1, -0.05) is 6.07 Å². The monoisotopic (exact) mass is 243 g/mol. The Kier molecular flexibility index (Phi) is 3.47. The van der Waals surface area contributed by atoms with Crippen LogP contribution in [0, 0.1) is 6.92 Å². The summed E-state index contributed by atoms with van der Waals surface area (Å²) in [5.74, 6) is -0.102. The molecule has 6 nitrogen and oxygen atoms in total. The first kappa shape index (κ1) is 12.0. The normalized spacial score (nSPS) is 10.1. The van der Waals surface area contributed by atoms with Crippen molar-refractivity contribution >= 4 is 11.7 Å². The first-order chi connectivity index (χ1) is 8.65. The summed E-state index contributed by atoms with van der Waals surface area (Å²) < 4.78 is 0. The summed E-state index contributed by atoms with van der Waals surface area (Å²) in [5.41, 5.74) is 7.35. The standard InChI is InChI=1S/C12H13N5O/c1-8-3-2-4-9(16-8)5-15-12(18)10-6-14-7-11(13)17-10/h2-4,6-7H,5H2,1H3,(H2,13,17)(H,15,18). The summed E-state index contributed by atoms with van der Waals surface area (Å²) >= 11 is 0. The first-order valence-corrected chi connectivity index (χ1v) is 5.43. The molecule has 0 fully saturated rings. The largest absolute Gasteiger partial charge is 0.382 e. The van der Waals surface area contributed by atoms with Crippen LogP contribution in [0.5, 0.6) is 0 Å². The molecule has 0 aliphatic carbocycles. The highest BCUT2D eigenvalue weighted by Gasteiger charge is 2.07. The van der Waals surface area contributed by atoms with E-state index in [2.05, 4.69) is 20.3 Å². The van der Waals surface area contributed by atoms with Gasteiger partial charge >= 0.3 is 0 Å². The van der Waals surface area contributed by atoms with Crippen molar-refractivity contribution in [3.8, 4) is 0 Å².